The predicted molar refractivity (Wildman–Crippen MR) is 75.2 cm³/mol. The van der Waals surface area contributed by atoms with Crippen molar-refractivity contribution in [3.8, 4) is 0 Å². The summed E-state index contributed by atoms with van der Waals surface area (Å²) in [5.41, 5.74) is 2.27. The van der Waals surface area contributed by atoms with E-state index in [0.717, 1.165) is 30.5 Å². The SMILES string of the molecule is CC1CCC(CNCc2cccc(CO)c2)CC1. The van der Waals surface area contributed by atoms with Gasteiger partial charge in [0.2, 0.25) is 0 Å². The lowest BCUT2D eigenvalue weighted by atomic mass is 9.83. The van der Waals surface area contributed by atoms with Crippen molar-refractivity contribution < 1.29 is 5.11 Å². The molecule has 0 heterocycles. The first-order chi connectivity index (χ1) is 8.78. The first kappa shape index (κ1) is 13.6. The van der Waals surface area contributed by atoms with Crippen molar-refractivity contribution in [2.24, 2.45) is 11.8 Å². The molecule has 0 unspecified atom stereocenters. The van der Waals surface area contributed by atoms with Gasteiger partial charge in [-0.3, -0.25) is 0 Å². The minimum absolute atomic E-state index is 0.133. The molecule has 18 heavy (non-hydrogen) atoms. The van der Waals surface area contributed by atoms with Crippen LogP contribution in [0.4, 0.5) is 0 Å². The van der Waals surface area contributed by atoms with Gasteiger partial charge in [0.25, 0.3) is 0 Å². The summed E-state index contributed by atoms with van der Waals surface area (Å²) in [6, 6.07) is 8.18. The molecule has 0 saturated heterocycles. The molecule has 1 fully saturated rings. The largest absolute Gasteiger partial charge is 0.392 e. The standard InChI is InChI=1S/C16H25NO/c1-13-5-7-14(8-6-13)10-17-11-15-3-2-4-16(9-15)12-18/h2-4,9,13-14,17-18H,5-8,10-12H2,1H3. The summed E-state index contributed by atoms with van der Waals surface area (Å²) in [5, 5.41) is 12.7. The molecule has 0 aromatic heterocycles. The van der Waals surface area contributed by atoms with E-state index in [-0.39, 0.29) is 6.61 Å². The molecule has 0 radical (unpaired) electrons. The third kappa shape index (κ3) is 4.11. The van der Waals surface area contributed by atoms with Crippen LogP contribution in [0.5, 0.6) is 0 Å². The highest BCUT2D eigenvalue weighted by atomic mass is 16.3. The van der Waals surface area contributed by atoms with E-state index < -0.39 is 0 Å². The average molecular weight is 247 g/mol. The summed E-state index contributed by atoms with van der Waals surface area (Å²) in [6.07, 6.45) is 5.55. The van der Waals surface area contributed by atoms with Gasteiger partial charge in [0.15, 0.2) is 0 Å². The van der Waals surface area contributed by atoms with Crippen LogP contribution in [0.25, 0.3) is 0 Å². The topological polar surface area (TPSA) is 32.3 Å². The summed E-state index contributed by atoms with van der Waals surface area (Å²) < 4.78 is 0. The monoisotopic (exact) mass is 247 g/mol. The van der Waals surface area contributed by atoms with E-state index >= 15 is 0 Å². The summed E-state index contributed by atoms with van der Waals surface area (Å²) in [5.74, 6) is 1.80. The van der Waals surface area contributed by atoms with Crippen LogP contribution in [-0.2, 0) is 13.2 Å². The quantitative estimate of drug-likeness (QED) is 0.838. The van der Waals surface area contributed by atoms with Gasteiger partial charge in [0, 0.05) is 6.54 Å². The number of benzene rings is 1. The second kappa shape index (κ2) is 6.91. The maximum atomic E-state index is 9.10. The van der Waals surface area contributed by atoms with E-state index in [9.17, 15) is 0 Å². The van der Waals surface area contributed by atoms with E-state index in [1.807, 2.05) is 12.1 Å². The molecule has 2 N–H and O–H groups in total. The van der Waals surface area contributed by atoms with Crippen molar-refractivity contribution in [1.29, 1.82) is 0 Å². The maximum absolute atomic E-state index is 9.10. The summed E-state index contributed by atoms with van der Waals surface area (Å²) >= 11 is 0. The highest BCUT2D eigenvalue weighted by Crippen LogP contribution is 2.27. The van der Waals surface area contributed by atoms with Gasteiger partial charge in [0.1, 0.15) is 0 Å². The zero-order valence-corrected chi connectivity index (χ0v) is 11.4. The van der Waals surface area contributed by atoms with Crippen LogP contribution >= 0.6 is 0 Å². The third-order valence-electron chi connectivity index (χ3n) is 4.07. The highest BCUT2D eigenvalue weighted by molar-refractivity contribution is 5.22. The van der Waals surface area contributed by atoms with Crippen LogP contribution in [0.15, 0.2) is 24.3 Å². The van der Waals surface area contributed by atoms with E-state index in [1.54, 1.807) is 0 Å². The third-order valence-corrected chi connectivity index (χ3v) is 4.07. The van der Waals surface area contributed by atoms with Gasteiger partial charge in [-0.15, -0.1) is 0 Å². The van der Waals surface area contributed by atoms with Crippen LogP contribution in [0.3, 0.4) is 0 Å². The zero-order valence-electron chi connectivity index (χ0n) is 11.4. The molecule has 1 aromatic rings. The van der Waals surface area contributed by atoms with E-state index in [1.165, 1.54) is 31.2 Å². The summed E-state index contributed by atoms with van der Waals surface area (Å²) in [6.45, 7) is 4.55. The van der Waals surface area contributed by atoms with Gasteiger partial charge in [-0.25, -0.2) is 0 Å². The van der Waals surface area contributed by atoms with Gasteiger partial charge in [0.05, 0.1) is 6.61 Å². The molecule has 0 amide bonds. The van der Waals surface area contributed by atoms with Crippen molar-refractivity contribution in [2.75, 3.05) is 6.54 Å². The van der Waals surface area contributed by atoms with Crippen molar-refractivity contribution in [3.63, 3.8) is 0 Å². The number of nitrogens with one attached hydrogen (secondary N) is 1. The fourth-order valence-electron chi connectivity index (χ4n) is 2.79. The first-order valence-electron chi connectivity index (χ1n) is 7.17. The number of hydrogen-bond acceptors (Lipinski definition) is 2. The van der Waals surface area contributed by atoms with Gasteiger partial charge in [-0.2, -0.15) is 0 Å². The maximum Gasteiger partial charge on any atom is 0.0681 e. The van der Waals surface area contributed by atoms with Crippen molar-refractivity contribution in [1.82, 2.24) is 5.32 Å². The lowest BCUT2D eigenvalue weighted by molar-refractivity contribution is 0.280. The molecule has 0 aliphatic heterocycles. The first-order valence-corrected chi connectivity index (χ1v) is 7.17. The normalized spacial score (nSPS) is 24.1. The second-order valence-electron chi connectivity index (χ2n) is 5.73. The van der Waals surface area contributed by atoms with Crippen LogP contribution in [-0.4, -0.2) is 11.7 Å². The van der Waals surface area contributed by atoms with Gasteiger partial charge >= 0.3 is 0 Å². The van der Waals surface area contributed by atoms with E-state index in [2.05, 4.69) is 24.4 Å². The predicted octanol–water partition coefficient (Wildman–Crippen LogP) is 3.09. The molecule has 2 rings (SSSR count). The van der Waals surface area contributed by atoms with Crippen molar-refractivity contribution in [2.45, 2.75) is 45.8 Å². The summed E-state index contributed by atoms with van der Waals surface area (Å²) in [7, 11) is 0. The lowest BCUT2D eigenvalue weighted by Crippen LogP contribution is -2.25. The Hall–Kier alpha value is -0.860. The van der Waals surface area contributed by atoms with Crippen molar-refractivity contribution >= 4 is 0 Å². The molecule has 2 heteroatoms. The molecule has 1 aromatic carbocycles. The highest BCUT2D eigenvalue weighted by Gasteiger charge is 2.17. The average Bonchev–Trinajstić information content (AvgIpc) is 2.41. The van der Waals surface area contributed by atoms with E-state index in [4.69, 9.17) is 5.11 Å². The molecule has 1 aliphatic carbocycles. The van der Waals surface area contributed by atoms with Gasteiger partial charge in [-0.1, -0.05) is 44.0 Å². The minimum atomic E-state index is 0.133. The number of rotatable bonds is 5. The molecule has 0 spiro atoms. The molecular weight excluding hydrogens is 222 g/mol. The number of aliphatic hydroxyl groups excluding tert-OH is 1. The Morgan fingerprint density at radius 3 is 2.61 bits per heavy atom. The van der Waals surface area contributed by atoms with E-state index in [0.29, 0.717) is 0 Å². The van der Waals surface area contributed by atoms with Gasteiger partial charge in [-0.05, 0) is 42.3 Å². The second-order valence-corrected chi connectivity index (χ2v) is 5.73. The van der Waals surface area contributed by atoms with Crippen LogP contribution < -0.4 is 5.32 Å². The molecule has 1 aliphatic rings. The molecule has 0 atom stereocenters. The fraction of sp³-hybridized carbons (Fsp3) is 0.625. The molecule has 0 bridgehead atoms. The van der Waals surface area contributed by atoms with Crippen LogP contribution in [0, 0.1) is 11.8 Å². The zero-order chi connectivity index (χ0) is 12.8. The Morgan fingerprint density at radius 1 is 1.17 bits per heavy atom. The smallest absolute Gasteiger partial charge is 0.0681 e. The molecule has 2 nitrogen and oxygen atoms in total. The Kier molecular flexibility index (Phi) is 5.21. The Bertz CT molecular complexity index is 356. The van der Waals surface area contributed by atoms with Crippen molar-refractivity contribution in [3.05, 3.63) is 35.4 Å². The Morgan fingerprint density at radius 2 is 1.89 bits per heavy atom. The lowest BCUT2D eigenvalue weighted by Gasteiger charge is -2.26. The fourth-order valence-corrected chi connectivity index (χ4v) is 2.79. The molecule has 100 valence electrons. The number of hydrogen-bond donors (Lipinski definition) is 2. The van der Waals surface area contributed by atoms with Crippen LogP contribution in [0.1, 0.15) is 43.7 Å². The number of aliphatic hydroxyl groups is 1. The molecular formula is C16H25NO. The molecule has 1 saturated carbocycles. The minimum Gasteiger partial charge on any atom is -0.392 e. The van der Waals surface area contributed by atoms with Crippen LogP contribution in [0.2, 0.25) is 0 Å². The Labute approximate surface area is 110 Å². The summed E-state index contributed by atoms with van der Waals surface area (Å²) in [4.78, 5) is 0. The van der Waals surface area contributed by atoms with Gasteiger partial charge < -0.3 is 10.4 Å². The Balaban J connectivity index is 1.71.